The van der Waals surface area contributed by atoms with Gasteiger partial charge in [-0.15, -0.1) is 0 Å². The van der Waals surface area contributed by atoms with Crippen LogP contribution in [-0.2, 0) is 20.9 Å². The normalized spacial score (nSPS) is 18.6. The van der Waals surface area contributed by atoms with E-state index in [1.54, 1.807) is 0 Å². The molecule has 2 amide bonds. The molecule has 8 nitrogen and oxygen atoms in total. The molecule has 142 valence electrons. The number of urea groups is 1. The van der Waals surface area contributed by atoms with Gasteiger partial charge in [-0.25, -0.2) is 9.59 Å². The number of methoxy groups -OCH3 is 1. The van der Waals surface area contributed by atoms with Crippen molar-refractivity contribution in [2.45, 2.75) is 37.9 Å². The van der Waals surface area contributed by atoms with Gasteiger partial charge < -0.3 is 20.5 Å². The molecule has 1 aromatic rings. The van der Waals surface area contributed by atoms with Crippen LogP contribution >= 0.6 is 0 Å². The maximum atomic E-state index is 12.1. The van der Waals surface area contributed by atoms with Crippen molar-refractivity contribution in [2.24, 2.45) is 0 Å². The number of likely N-dealkylation sites (tertiary alicyclic amines) is 1. The molecule has 1 heterocycles. The number of carbonyl (C=O) groups is 3. The van der Waals surface area contributed by atoms with Crippen molar-refractivity contribution in [2.75, 3.05) is 20.2 Å². The lowest BCUT2D eigenvalue weighted by molar-refractivity contribution is -0.147. The maximum Gasteiger partial charge on any atom is 0.326 e. The van der Waals surface area contributed by atoms with Gasteiger partial charge in [0.05, 0.1) is 13.5 Å². The number of carboxylic acid groups (broad SMARTS) is 1. The number of hydrogen-bond acceptors (Lipinski definition) is 5. The SMILES string of the molecule is COC(=O)C[C@H](NC(=O)NC1CCCN(Cc2ccccc2)C1)C(=O)O. The van der Waals surface area contributed by atoms with E-state index in [2.05, 4.69) is 32.4 Å². The van der Waals surface area contributed by atoms with Gasteiger partial charge in [-0.3, -0.25) is 9.69 Å². The van der Waals surface area contributed by atoms with E-state index in [0.717, 1.165) is 25.9 Å². The summed E-state index contributed by atoms with van der Waals surface area (Å²) in [5.41, 5.74) is 1.21. The van der Waals surface area contributed by atoms with Crippen LogP contribution in [0, 0.1) is 0 Å². The van der Waals surface area contributed by atoms with Crippen LogP contribution in [0.4, 0.5) is 4.79 Å². The Bertz CT molecular complexity index is 623. The number of hydrogen-bond donors (Lipinski definition) is 3. The van der Waals surface area contributed by atoms with E-state index < -0.39 is 30.4 Å². The van der Waals surface area contributed by atoms with Gasteiger partial charge in [0.15, 0.2) is 0 Å². The smallest absolute Gasteiger partial charge is 0.326 e. The number of rotatable bonds is 7. The third kappa shape index (κ3) is 6.36. The average molecular weight is 363 g/mol. The van der Waals surface area contributed by atoms with Crippen LogP contribution in [0.1, 0.15) is 24.8 Å². The highest BCUT2D eigenvalue weighted by Gasteiger charge is 2.26. The van der Waals surface area contributed by atoms with Crippen LogP contribution in [0.5, 0.6) is 0 Å². The molecule has 2 rings (SSSR count). The molecule has 1 saturated heterocycles. The number of nitrogens with zero attached hydrogens (tertiary/aromatic N) is 1. The van der Waals surface area contributed by atoms with E-state index in [1.807, 2.05) is 18.2 Å². The Labute approximate surface area is 152 Å². The third-order valence-electron chi connectivity index (χ3n) is 4.29. The molecule has 2 atom stereocenters. The van der Waals surface area contributed by atoms with Crippen LogP contribution < -0.4 is 10.6 Å². The fourth-order valence-corrected chi connectivity index (χ4v) is 2.99. The first kappa shape index (κ1) is 19.7. The summed E-state index contributed by atoms with van der Waals surface area (Å²) in [5.74, 6) is -1.97. The minimum absolute atomic E-state index is 0.0694. The first-order chi connectivity index (χ1) is 12.5. The number of esters is 1. The Morgan fingerprint density at radius 1 is 1.31 bits per heavy atom. The van der Waals surface area contributed by atoms with Gasteiger partial charge in [0.2, 0.25) is 0 Å². The summed E-state index contributed by atoms with van der Waals surface area (Å²) in [7, 11) is 1.17. The van der Waals surface area contributed by atoms with Crippen molar-refractivity contribution in [1.82, 2.24) is 15.5 Å². The molecule has 1 fully saturated rings. The monoisotopic (exact) mass is 363 g/mol. The van der Waals surface area contributed by atoms with Gasteiger partial charge >= 0.3 is 18.0 Å². The second-order valence-corrected chi connectivity index (χ2v) is 6.35. The van der Waals surface area contributed by atoms with Crippen molar-refractivity contribution in [3.63, 3.8) is 0 Å². The molecule has 0 radical (unpaired) electrons. The minimum Gasteiger partial charge on any atom is -0.480 e. The predicted octanol–water partition coefficient (Wildman–Crippen LogP) is 0.967. The largest absolute Gasteiger partial charge is 0.480 e. The highest BCUT2D eigenvalue weighted by Crippen LogP contribution is 2.13. The van der Waals surface area contributed by atoms with Gasteiger partial charge in [-0.2, -0.15) is 0 Å². The maximum absolute atomic E-state index is 12.1. The highest BCUT2D eigenvalue weighted by atomic mass is 16.5. The van der Waals surface area contributed by atoms with E-state index in [9.17, 15) is 14.4 Å². The lowest BCUT2D eigenvalue weighted by atomic mass is 10.0. The fraction of sp³-hybridized carbons (Fsp3) is 0.500. The topological polar surface area (TPSA) is 108 Å². The number of piperidine rings is 1. The molecule has 1 aliphatic rings. The van der Waals surface area contributed by atoms with Gasteiger partial charge in [-0.1, -0.05) is 30.3 Å². The van der Waals surface area contributed by atoms with E-state index in [1.165, 1.54) is 12.7 Å². The quantitative estimate of drug-likeness (QED) is 0.623. The van der Waals surface area contributed by atoms with Crippen molar-refractivity contribution in [1.29, 1.82) is 0 Å². The van der Waals surface area contributed by atoms with Crippen LogP contribution in [-0.4, -0.2) is 60.3 Å². The molecule has 1 unspecified atom stereocenters. The zero-order chi connectivity index (χ0) is 18.9. The summed E-state index contributed by atoms with van der Waals surface area (Å²) in [6.45, 7) is 2.45. The van der Waals surface area contributed by atoms with E-state index in [-0.39, 0.29) is 6.04 Å². The van der Waals surface area contributed by atoms with Crippen molar-refractivity contribution in [3.8, 4) is 0 Å². The summed E-state index contributed by atoms with van der Waals surface area (Å²) < 4.78 is 4.45. The molecule has 26 heavy (non-hydrogen) atoms. The molecule has 3 N–H and O–H groups in total. The van der Waals surface area contributed by atoms with Crippen LogP contribution in [0.2, 0.25) is 0 Å². The standard InChI is InChI=1S/C18H25N3O5/c1-26-16(22)10-15(17(23)24)20-18(25)19-14-8-5-9-21(12-14)11-13-6-3-2-4-7-13/h2-4,6-7,14-15H,5,8-12H2,1H3,(H,23,24)(H2,19,20,25)/t14?,15-/m0/s1. The lowest BCUT2D eigenvalue weighted by Gasteiger charge is -2.33. The van der Waals surface area contributed by atoms with Crippen molar-refractivity contribution in [3.05, 3.63) is 35.9 Å². The molecule has 1 aromatic carbocycles. The van der Waals surface area contributed by atoms with Crippen LogP contribution in [0.25, 0.3) is 0 Å². The summed E-state index contributed by atoms with van der Waals surface area (Å²) in [4.78, 5) is 36.8. The molecule has 0 aliphatic carbocycles. The number of benzene rings is 1. The second kappa shape index (κ2) is 9.76. The minimum atomic E-state index is -1.31. The number of amides is 2. The summed E-state index contributed by atoms with van der Waals surface area (Å²) in [5, 5.41) is 14.2. The number of carboxylic acids is 1. The lowest BCUT2D eigenvalue weighted by Crippen LogP contribution is -2.53. The Morgan fingerprint density at radius 3 is 2.69 bits per heavy atom. The van der Waals surface area contributed by atoms with E-state index >= 15 is 0 Å². The Morgan fingerprint density at radius 2 is 2.04 bits per heavy atom. The predicted molar refractivity (Wildman–Crippen MR) is 94.5 cm³/mol. The Hall–Kier alpha value is -2.61. The zero-order valence-electron chi connectivity index (χ0n) is 14.8. The number of nitrogens with one attached hydrogen (secondary N) is 2. The number of aliphatic carboxylic acids is 1. The zero-order valence-corrected chi connectivity index (χ0v) is 14.8. The first-order valence-electron chi connectivity index (χ1n) is 8.61. The summed E-state index contributed by atoms with van der Waals surface area (Å²) in [6, 6.07) is 8.12. The summed E-state index contributed by atoms with van der Waals surface area (Å²) >= 11 is 0. The van der Waals surface area contributed by atoms with Gasteiger partial charge in [-0.05, 0) is 24.9 Å². The third-order valence-corrected chi connectivity index (χ3v) is 4.29. The molecular weight excluding hydrogens is 338 g/mol. The highest BCUT2D eigenvalue weighted by molar-refractivity contribution is 5.86. The Balaban J connectivity index is 1.83. The number of carbonyl (C=O) groups excluding carboxylic acids is 2. The van der Waals surface area contributed by atoms with Crippen molar-refractivity contribution >= 4 is 18.0 Å². The van der Waals surface area contributed by atoms with E-state index in [4.69, 9.17) is 5.11 Å². The second-order valence-electron chi connectivity index (χ2n) is 6.35. The van der Waals surface area contributed by atoms with Gasteiger partial charge in [0.25, 0.3) is 0 Å². The first-order valence-corrected chi connectivity index (χ1v) is 8.61. The van der Waals surface area contributed by atoms with Crippen molar-refractivity contribution < 1.29 is 24.2 Å². The molecule has 0 saturated carbocycles. The molecular formula is C18H25N3O5. The van der Waals surface area contributed by atoms with E-state index in [0.29, 0.717) is 6.54 Å². The molecule has 1 aliphatic heterocycles. The van der Waals surface area contributed by atoms with Gasteiger partial charge in [0, 0.05) is 19.1 Å². The van der Waals surface area contributed by atoms with Gasteiger partial charge in [0.1, 0.15) is 6.04 Å². The number of ether oxygens (including phenoxy) is 1. The fourth-order valence-electron chi connectivity index (χ4n) is 2.99. The van der Waals surface area contributed by atoms with Crippen LogP contribution in [0.15, 0.2) is 30.3 Å². The molecule has 0 spiro atoms. The molecule has 0 bridgehead atoms. The summed E-state index contributed by atoms with van der Waals surface area (Å²) in [6.07, 6.45) is 1.36. The molecule has 8 heteroatoms. The Kier molecular flexibility index (Phi) is 7.40. The average Bonchev–Trinajstić information content (AvgIpc) is 2.62. The molecule has 0 aromatic heterocycles. The van der Waals surface area contributed by atoms with Crippen LogP contribution in [0.3, 0.4) is 0 Å².